The summed E-state index contributed by atoms with van der Waals surface area (Å²) in [6.07, 6.45) is -2.73. The topological polar surface area (TPSA) is 73.5 Å². The Balaban J connectivity index is 1.78. The Kier molecular flexibility index (Phi) is 6.58. The minimum Gasteiger partial charge on any atom is -0.374 e. The van der Waals surface area contributed by atoms with E-state index in [4.69, 9.17) is 11.6 Å². The molecule has 3 atom stereocenters. The van der Waals surface area contributed by atoms with Gasteiger partial charge in [-0.3, -0.25) is 9.59 Å². The average Bonchev–Trinajstić information content (AvgIpc) is 2.68. The van der Waals surface area contributed by atoms with Crippen molar-refractivity contribution in [2.75, 3.05) is 32.0 Å². The molecule has 10 heteroatoms. The van der Waals surface area contributed by atoms with Gasteiger partial charge in [-0.1, -0.05) is 11.6 Å². The van der Waals surface area contributed by atoms with E-state index in [-0.39, 0.29) is 34.5 Å². The van der Waals surface area contributed by atoms with E-state index in [1.54, 1.807) is 11.9 Å². The number of alkyl halides is 3. The molecule has 3 N–H and O–H groups in total. The Bertz CT molecular complexity index is 774. The molecule has 2 aliphatic heterocycles. The summed E-state index contributed by atoms with van der Waals surface area (Å²) in [5, 5.41) is 8.73. The maximum atomic E-state index is 13.1. The van der Waals surface area contributed by atoms with Crippen molar-refractivity contribution in [2.24, 2.45) is 5.92 Å². The summed E-state index contributed by atoms with van der Waals surface area (Å²) in [4.78, 5) is 27.0. The van der Waals surface area contributed by atoms with Gasteiger partial charge >= 0.3 is 6.18 Å². The first-order valence-electron chi connectivity index (χ1n) is 9.58. The number of nitrogens with one attached hydrogen (secondary N) is 3. The third-order valence-corrected chi connectivity index (χ3v) is 5.69. The fourth-order valence-electron chi connectivity index (χ4n) is 4.06. The quantitative estimate of drug-likeness (QED) is 0.683. The number of hydrogen-bond donors (Lipinski definition) is 3. The highest BCUT2D eigenvalue weighted by molar-refractivity contribution is 6.31. The minimum atomic E-state index is -4.53. The van der Waals surface area contributed by atoms with Gasteiger partial charge in [0.15, 0.2) is 0 Å². The van der Waals surface area contributed by atoms with Crippen LogP contribution < -0.4 is 16.0 Å². The normalized spacial score (nSPS) is 25.6. The van der Waals surface area contributed by atoms with Crippen molar-refractivity contribution < 1.29 is 22.8 Å². The molecular weight excluding hydrogens is 409 g/mol. The lowest BCUT2D eigenvalue weighted by Gasteiger charge is -2.43. The molecule has 6 nitrogen and oxygen atoms in total. The molecule has 0 saturated carbocycles. The number of likely N-dealkylation sites (tertiary alicyclic amines) is 1. The number of carbonyl (C=O) groups is 2. The molecular formula is C19H24ClF3N4O2. The van der Waals surface area contributed by atoms with Crippen molar-refractivity contribution in [2.45, 2.75) is 37.5 Å². The second kappa shape index (κ2) is 8.79. The molecule has 29 heavy (non-hydrogen) atoms. The van der Waals surface area contributed by atoms with Gasteiger partial charge < -0.3 is 20.9 Å². The van der Waals surface area contributed by atoms with Crippen LogP contribution in [-0.4, -0.2) is 55.5 Å². The molecule has 3 rings (SSSR count). The zero-order valence-electron chi connectivity index (χ0n) is 16.0. The van der Waals surface area contributed by atoms with Crippen molar-refractivity contribution >= 4 is 29.1 Å². The SMILES string of the molecule is CNC(=O)[C@H]1CCNC[C@@H]1N1CCC[C@H](Nc2cc(Cl)cc(C(F)(F)F)c2)C1=O. The van der Waals surface area contributed by atoms with Crippen molar-refractivity contribution in [1.29, 1.82) is 0 Å². The van der Waals surface area contributed by atoms with E-state index in [1.807, 2.05) is 0 Å². The van der Waals surface area contributed by atoms with Crippen molar-refractivity contribution in [3.05, 3.63) is 28.8 Å². The Morgan fingerprint density at radius 3 is 2.72 bits per heavy atom. The molecule has 0 bridgehead atoms. The number of anilines is 1. The maximum absolute atomic E-state index is 13.1. The molecule has 2 heterocycles. The molecule has 2 aliphatic rings. The number of piperidine rings is 2. The molecule has 2 amide bonds. The van der Waals surface area contributed by atoms with Crippen LogP contribution in [0.25, 0.3) is 0 Å². The second-order valence-corrected chi connectivity index (χ2v) is 7.81. The lowest BCUT2D eigenvalue weighted by Crippen LogP contribution is -2.61. The van der Waals surface area contributed by atoms with E-state index in [2.05, 4.69) is 16.0 Å². The Labute approximate surface area is 172 Å². The van der Waals surface area contributed by atoms with Crippen molar-refractivity contribution in [3.8, 4) is 0 Å². The van der Waals surface area contributed by atoms with Gasteiger partial charge in [0.2, 0.25) is 11.8 Å². The molecule has 0 aromatic heterocycles. The van der Waals surface area contributed by atoms with Crippen LogP contribution in [0.15, 0.2) is 18.2 Å². The third kappa shape index (κ3) is 4.95. The van der Waals surface area contributed by atoms with E-state index in [1.165, 1.54) is 6.07 Å². The maximum Gasteiger partial charge on any atom is 0.416 e. The van der Waals surface area contributed by atoms with E-state index >= 15 is 0 Å². The van der Waals surface area contributed by atoms with Crippen LogP contribution in [-0.2, 0) is 15.8 Å². The Morgan fingerprint density at radius 2 is 2.03 bits per heavy atom. The lowest BCUT2D eigenvalue weighted by atomic mass is 9.88. The first-order valence-corrected chi connectivity index (χ1v) is 9.95. The van der Waals surface area contributed by atoms with Gasteiger partial charge in [0, 0.05) is 30.8 Å². The number of carbonyl (C=O) groups excluding carboxylic acids is 2. The number of nitrogens with zero attached hydrogens (tertiary/aromatic N) is 1. The fourth-order valence-corrected chi connectivity index (χ4v) is 4.30. The number of halogens is 4. The number of amides is 2. The summed E-state index contributed by atoms with van der Waals surface area (Å²) in [6.45, 7) is 1.72. The Hall–Kier alpha value is -2.00. The van der Waals surface area contributed by atoms with E-state index in [0.717, 1.165) is 12.1 Å². The summed E-state index contributed by atoms with van der Waals surface area (Å²) >= 11 is 5.84. The summed E-state index contributed by atoms with van der Waals surface area (Å²) < 4.78 is 39.2. The first-order chi connectivity index (χ1) is 13.7. The molecule has 2 saturated heterocycles. The smallest absolute Gasteiger partial charge is 0.374 e. The summed E-state index contributed by atoms with van der Waals surface area (Å²) in [5.74, 6) is -0.636. The standard InChI is InChI=1S/C19H24ClF3N4O2/c1-24-17(28)14-4-5-25-10-16(14)27-6-2-3-15(18(27)29)26-13-8-11(19(21,22)23)7-12(20)9-13/h7-9,14-16,25-26H,2-6,10H2,1H3,(H,24,28)/t14-,15-,16-/m0/s1. The molecule has 2 fully saturated rings. The summed E-state index contributed by atoms with van der Waals surface area (Å²) in [7, 11) is 1.57. The molecule has 0 aliphatic carbocycles. The number of rotatable bonds is 4. The van der Waals surface area contributed by atoms with Gasteiger partial charge in [0.25, 0.3) is 0 Å². The highest BCUT2D eigenvalue weighted by Gasteiger charge is 2.40. The van der Waals surface area contributed by atoms with E-state index in [9.17, 15) is 22.8 Å². The zero-order chi connectivity index (χ0) is 21.2. The van der Waals surface area contributed by atoms with Gasteiger partial charge in [0.1, 0.15) is 6.04 Å². The summed E-state index contributed by atoms with van der Waals surface area (Å²) in [6, 6.07) is 2.22. The number of benzene rings is 1. The number of hydrogen-bond acceptors (Lipinski definition) is 4. The van der Waals surface area contributed by atoms with Gasteiger partial charge in [0.05, 0.1) is 17.5 Å². The van der Waals surface area contributed by atoms with Gasteiger partial charge in [-0.2, -0.15) is 13.2 Å². The minimum absolute atomic E-state index is 0.0569. The monoisotopic (exact) mass is 432 g/mol. The summed E-state index contributed by atoms with van der Waals surface area (Å²) in [5.41, 5.74) is -0.724. The third-order valence-electron chi connectivity index (χ3n) is 5.47. The predicted molar refractivity (Wildman–Crippen MR) is 104 cm³/mol. The average molecular weight is 433 g/mol. The van der Waals surface area contributed by atoms with Gasteiger partial charge in [-0.15, -0.1) is 0 Å². The van der Waals surface area contributed by atoms with Crippen LogP contribution in [0.2, 0.25) is 5.02 Å². The largest absolute Gasteiger partial charge is 0.416 e. The van der Waals surface area contributed by atoms with Gasteiger partial charge in [-0.05, 0) is 44.0 Å². The van der Waals surface area contributed by atoms with Gasteiger partial charge in [-0.25, -0.2) is 0 Å². The van der Waals surface area contributed by atoms with Crippen LogP contribution >= 0.6 is 11.6 Å². The second-order valence-electron chi connectivity index (χ2n) is 7.38. The van der Waals surface area contributed by atoms with Crippen LogP contribution in [0.3, 0.4) is 0 Å². The lowest BCUT2D eigenvalue weighted by molar-refractivity contribution is -0.141. The highest BCUT2D eigenvalue weighted by atomic mass is 35.5. The van der Waals surface area contributed by atoms with E-state index in [0.29, 0.717) is 38.9 Å². The Morgan fingerprint density at radius 1 is 1.28 bits per heavy atom. The molecule has 1 aromatic carbocycles. The molecule has 1 aromatic rings. The van der Waals surface area contributed by atoms with Crippen LogP contribution in [0, 0.1) is 5.92 Å². The van der Waals surface area contributed by atoms with Crippen LogP contribution in [0.1, 0.15) is 24.8 Å². The van der Waals surface area contributed by atoms with Crippen LogP contribution in [0.5, 0.6) is 0 Å². The predicted octanol–water partition coefficient (Wildman–Crippen LogP) is 2.49. The van der Waals surface area contributed by atoms with Crippen LogP contribution in [0.4, 0.5) is 18.9 Å². The first kappa shape index (κ1) is 21.7. The fraction of sp³-hybridized carbons (Fsp3) is 0.579. The zero-order valence-corrected chi connectivity index (χ0v) is 16.7. The molecule has 0 spiro atoms. The highest BCUT2D eigenvalue weighted by Crippen LogP contribution is 2.34. The molecule has 0 radical (unpaired) electrons. The van der Waals surface area contributed by atoms with E-state index < -0.39 is 17.8 Å². The molecule has 0 unspecified atom stereocenters. The van der Waals surface area contributed by atoms with Crippen molar-refractivity contribution in [1.82, 2.24) is 15.5 Å². The molecule has 160 valence electrons. The van der Waals surface area contributed by atoms with Crippen molar-refractivity contribution in [3.63, 3.8) is 0 Å².